The SMILES string of the molecule is COc1ccc(CN2C(=O)c3cc(C(C)(C)C)nn3C[C@@]2(C)C(=O)NC2CCCCCC2)cc1. The molecular weight excluding hydrogens is 428 g/mol. The second-order valence-corrected chi connectivity index (χ2v) is 11.0. The fraction of sp³-hybridized carbons (Fsp3) is 0.593. The minimum Gasteiger partial charge on any atom is -0.497 e. The topological polar surface area (TPSA) is 76.5 Å². The van der Waals surface area contributed by atoms with Crippen LogP contribution in [-0.4, -0.2) is 45.2 Å². The molecule has 1 atom stereocenters. The predicted octanol–water partition coefficient (Wildman–Crippen LogP) is 4.44. The van der Waals surface area contributed by atoms with Crippen LogP contribution in [0, 0.1) is 0 Å². The van der Waals surface area contributed by atoms with Crippen molar-refractivity contribution >= 4 is 11.8 Å². The molecule has 2 aliphatic rings. The summed E-state index contributed by atoms with van der Waals surface area (Å²) < 4.78 is 7.02. The molecule has 0 radical (unpaired) electrons. The van der Waals surface area contributed by atoms with Gasteiger partial charge in [0.2, 0.25) is 5.91 Å². The van der Waals surface area contributed by atoms with Crippen molar-refractivity contribution in [2.24, 2.45) is 0 Å². The molecule has 1 aliphatic carbocycles. The van der Waals surface area contributed by atoms with Gasteiger partial charge in [-0.2, -0.15) is 5.10 Å². The summed E-state index contributed by atoms with van der Waals surface area (Å²) in [7, 11) is 1.63. The first-order valence-corrected chi connectivity index (χ1v) is 12.5. The van der Waals surface area contributed by atoms with Gasteiger partial charge in [0.25, 0.3) is 5.91 Å². The van der Waals surface area contributed by atoms with Crippen LogP contribution in [0.15, 0.2) is 30.3 Å². The molecule has 1 aliphatic heterocycles. The van der Waals surface area contributed by atoms with E-state index in [0.717, 1.165) is 42.7 Å². The Morgan fingerprint density at radius 1 is 1.15 bits per heavy atom. The summed E-state index contributed by atoms with van der Waals surface area (Å²) in [5.74, 6) is 0.499. The van der Waals surface area contributed by atoms with Crippen LogP contribution in [0.3, 0.4) is 0 Å². The molecule has 7 nitrogen and oxygen atoms in total. The van der Waals surface area contributed by atoms with E-state index in [0.29, 0.717) is 18.8 Å². The number of methoxy groups -OCH3 is 1. The normalized spacial score (nSPS) is 21.7. The van der Waals surface area contributed by atoms with E-state index in [-0.39, 0.29) is 23.3 Å². The van der Waals surface area contributed by atoms with E-state index in [1.807, 2.05) is 37.3 Å². The number of amides is 2. The van der Waals surface area contributed by atoms with Crippen molar-refractivity contribution in [1.29, 1.82) is 0 Å². The number of nitrogens with zero attached hydrogens (tertiary/aromatic N) is 3. The molecule has 1 saturated carbocycles. The van der Waals surface area contributed by atoms with Crippen molar-refractivity contribution in [2.75, 3.05) is 7.11 Å². The van der Waals surface area contributed by atoms with Crippen molar-refractivity contribution < 1.29 is 14.3 Å². The summed E-state index contributed by atoms with van der Waals surface area (Å²) in [6, 6.07) is 9.70. The van der Waals surface area contributed by atoms with Crippen molar-refractivity contribution in [3.05, 3.63) is 47.3 Å². The van der Waals surface area contributed by atoms with E-state index in [1.54, 1.807) is 16.7 Å². The van der Waals surface area contributed by atoms with Gasteiger partial charge in [0.1, 0.15) is 17.0 Å². The van der Waals surface area contributed by atoms with Crippen LogP contribution in [0.25, 0.3) is 0 Å². The molecule has 2 heterocycles. The number of hydrogen-bond donors (Lipinski definition) is 1. The molecule has 0 saturated heterocycles. The lowest BCUT2D eigenvalue weighted by molar-refractivity contribution is -0.134. The third-order valence-electron chi connectivity index (χ3n) is 7.25. The van der Waals surface area contributed by atoms with Gasteiger partial charge >= 0.3 is 0 Å². The van der Waals surface area contributed by atoms with Crippen LogP contribution in [0.1, 0.15) is 88.0 Å². The molecule has 1 fully saturated rings. The number of benzene rings is 1. The smallest absolute Gasteiger partial charge is 0.273 e. The maximum atomic E-state index is 13.8. The number of hydrogen-bond acceptors (Lipinski definition) is 4. The fourth-order valence-corrected chi connectivity index (χ4v) is 4.93. The van der Waals surface area contributed by atoms with Crippen LogP contribution in [0.2, 0.25) is 0 Å². The molecule has 2 amide bonds. The number of aromatic nitrogens is 2. The predicted molar refractivity (Wildman–Crippen MR) is 132 cm³/mol. The zero-order valence-electron chi connectivity index (χ0n) is 21.2. The molecule has 0 spiro atoms. The van der Waals surface area contributed by atoms with E-state index in [1.165, 1.54) is 12.8 Å². The van der Waals surface area contributed by atoms with Crippen LogP contribution in [0.4, 0.5) is 0 Å². The number of fused-ring (bicyclic) bond motifs is 1. The second-order valence-electron chi connectivity index (χ2n) is 11.0. The lowest BCUT2D eigenvalue weighted by Crippen LogP contribution is -2.64. The second kappa shape index (κ2) is 9.43. The first-order chi connectivity index (χ1) is 16.1. The van der Waals surface area contributed by atoms with Gasteiger partial charge in [0.15, 0.2) is 0 Å². The number of carbonyl (C=O) groups is 2. The van der Waals surface area contributed by atoms with Crippen molar-refractivity contribution in [2.45, 2.75) is 96.3 Å². The van der Waals surface area contributed by atoms with Crippen LogP contribution in [-0.2, 0) is 23.3 Å². The Labute approximate surface area is 202 Å². The zero-order valence-corrected chi connectivity index (χ0v) is 21.2. The average molecular weight is 467 g/mol. The molecule has 184 valence electrons. The van der Waals surface area contributed by atoms with Gasteiger partial charge in [0.05, 0.1) is 19.3 Å². The summed E-state index contributed by atoms with van der Waals surface area (Å²) >= 11 is 0. The van der Waals surface area contributed by atoms with E-state index < -0.39 is 5.54 Å². The monoisotopic (exact) mass is 466 g/mol. The number of nitrogens with one attached hydrogen (secondary N) is 1. The molecule has 0 unspecified atom stereocenters. The third-order valence-corrected chi connectivity index (χ3v) is 7.25. The molecule has 7 heteroatoms. The highest BCUT2D eigenvalue weighted by Gasteiger charge is 2.48. The van der Waals surface area contributed by atoms with Crippen LogP contribution < -0.4 is 10.1 Å². The van der Waals surface area contributed by atoms with E-state index in [2.05, 4.69) is 26.1 Å². The van der Waals surface area contributed by atoms with E-state index >= 15 is 0 Å². The lowest BCUT2D eigenvalue weighted by Gasteiger charge is -2.44. The molecule has 1 aromatic heterocycles. The lowest BCUT2D eigenvalue weighted by atomic mass is 9.91. The molecule has 34 heavy (non-hydrogen) atoms. The molecule has 2 aromatic rings. The average Bonchev–Trinajstić information content (AvgIpc) is 3.07. The van der Waals surface area contributed by atoms with E-state index in [9.17, 15) is 9.59 Å². The maximum absolute atomic E-state index is 13.8. The molecule has 1 N–H and O–H groups in total. The van der Waals surface area contributed by atoms with Crippen LogP contribution in [0.5, 0.6) is 5.75 Å². The number of ether oxygens (including phenoxy) is 1. The summed E-state index contributed by atoms with van der Waals surface area (Å²) in [6.07, 6.45) is 6.70. The Hall–Kier alpha value is -2.83. The largest absolute Gasteiger partial charge is 0.497 e. The maximum Gasteiger partial charge on any atom is 0.273 e. The first-order valence-electron chi connectivity index (χ1n) is 12.5. The Morgan fingerprint density at radius 3 is 2.38 bits per heavy atom. The van der Waals surface area contributed by atoms with Gasteiger partial charge < -0.3 is 15.0 Å². The third kappa shape index (κ3) is 4.84. The Morgan fingerprint density at radius 2 is 1.79 bits per heavy atom. The first kappa shape index (κ1) is 24.3. The Bertz CT molecular complexity index is 1030. The summed E-state index contributed by atoms with van der Waals surface area (Å²) in [5, 5.41) is 8.05. The fourth-order valence-electron chi connectivity index (χ4n) is 4.93. The molecule has 4 rings (SSSR count). The minimum absolute atomic E-state index is 0.0975. The van der Waals surface area contributed by atoms with Gasteiger partial charge in [-0.05, 0) is 43.5 Å². The van der Waals surface area contributed by atoms with Crippen molar-refractivity contribution in [3.8, 4) is 5.75 Å². The van der Waals surface area contributed by atoms with Crippen LogP contribution >= 0.6 is 0 Å². The zero-order chi connectivity index (χ0) is 24.5. The highest BCUT2D eigenvalue weighted by Crippen LogP contribution is 2.32. The quantitative estimate of drug-likeness (QED) is 0.661. The standard InChI is InChI=1S/C27H38N4O3/c1-26(2,3)23-16-22-24(32)30(17-19-12-14-21(34-5)15-13-19)27(4,18-31(22)29-23)25(33)28-20-10-8-6-7-9-11-20/h12-16,20H,6-11,17-18H2,1-5H3,(H,28,33)/t27-/m0/s1. The van der Waals surface area contributed by atoms with Gasteiger partial charge in [0, 0.05) is 18.0 Å². The van der Waals surface area contributed by atoms with E-state index in [4.69, 9.17) is 9.84 Å². The number of rotatable bonds is 5. The van der Waals surface area contributed by atoms with Gasteiger partial charge in [-0.1, -0.05) is 58.6 Å². The van der Waals surface area contributed by atoms with Gasteiger partial charge in [-0.3, -0.25) is 14.3 Å². The number of carbonyl (C=O) groups excluding carboxylic acids is 2. The summed E-state index contributed by atoms with van der Waals surface area (Å²) in [4.78, 5) is 29.3. The highest BCUT2D eigenvalue weighted by molar-refractivity contribution is 5.99. The highest BCUT2D eigenvalue weighted by atomic mass is 16.5. The Balaban J connectivity index is 1.68. The summed E-state index contributed by atoms with van der Waals surface area (Å²) in [5.41, 5.74) is 1.11. The molecule has 0 bridgehead atoms. The minimum atomic E-state index is -1.04. The Kier molecular flexibility index (Phi) is 6.74. The van der Waals surface area contributed by atoms with Gasteiger partial charge in [-0.25, -0.2) is 0 Å². The van der Waals surface area contributed by atoms with Crippen molar-refractivity contribution in [3.63, 3.8) is 0 Å². The summed E-state index contributed by atoms with van der Waals surface area (Å²) in [6.45, 7) is 8.80. The van der Waals surface area contributed by atoms with Crippen molar-refractivity contribution in [1.82, 2.24) is 20.0 Å². The molecule has 1 aromatic carbocycles. The van der Waals surface area contributed by atoms with Gasteiger partial charge in [-0.15, -0.1) is 0 Å². The molecular formula is C27H38N4O3.